The quantitative estimate of drug-likeness (QED) is 0.174. The van der Waals surface area contributed by atoms with Crippen LogP contribution in [0.3, 0.4) is 0 Å². The highest BCUT2D eigenvalue weighted by molar-refractivity contribution is 7.04. The molecule has 0 N–H and O–H groups in total. The molecule has 5 heteroatoms. The van der Waals surface area contributed by atoms with Gasteiger partial charge < -0.3 is 9.64 Å². The molecular weight excluding hydrogens is 599 g/mol. The van der Waals surface area contributed by atoms with Gasteiger partial charge in [-0.1, -0.05) is 84.9 Å². The van der Waals surface area contributed by atoms with Gasteiger partial charge in [0.1, 0.15) is 5.75 Å². The van der Waals surface area contributed by atoms with Crippen LogP contribution >= 0.6 is 0 Å². The fourth-order valence-corrected chi connectivity index (χ4v) is 11.6. The summed E-state index contributed by atoms with van der Waals surface area (Å²) >= 11 is 0. The predicted molar refractivity (Wildman–Crippen MR) is 194 cm³/mol. The van der Waals surface area contributed by atoms with Crippen molar-refractivity contribution in [3.05, 3.63) is 161 Å². The van der Waals surface area contributed by atoms with Gasteiger partial charge in [0.2, 0.25) is 0 Å². The van der Waals surface area contributed by atoms with Crippen molar-refractivity contribution in [3.63, 3.8) is 0 Å². The van der Waals surface area contributed by atoms with Crippen LogP contribution in [-0.4, -0.2) is 12.8 Å². The summed E-state index contributed by atoms with van der Waals surface area (Å²) in [7, 11) is 0. The first-order chi connectivity index (χ1) is 24.3. The molecule has 0 saturated heterocycles. The third kappa shape index (κ3) is 2.26. The monoisotopic (exact) mass is 622 g/mol. The van der Waals surface area contributed by atoms with Gasteiger partial charge in [0, 0.05) is 51.0 Å². The van der Waals surface area contributed by atoms with E-state index >= 15 is 0 Å². The van der Waals surface area contributed by atoms with Crippen molar-refractivity contribution in [2.24, 2.45) is 0 Å². The van der Waals surface area contributed by atoms with Crippen LogP contribution in [0.4, 0.5) is 33.2 Å². The summed E-state index contributed by atoms with van der Waals surface area (Å²) in [6.45, 7) is 0.0474. The summed E-state index contributed by atoms with van der Waals surface area (Å²) in [5, 5.41) is 2.23. The maximum atomic E-state index is 14.7. The molecule has 14 rings (SSSR count). The number of nitrogens with zero attached hydrogens (tertiary/aromatic N) is 2. The molecule has 0 saturated carbocycles. The van der Waals surface area contributed by atoms with Crippen molar-refractivity contribution < 1.29 is 9.53 Å². The first kappa shape index (κ1) is 24.1. The Morgan fingerprint density at radius 3 is 2.06 bits per heavy atom. The Hall–Kier alpha value is -6.07. The summed E-state index contributed by atoms with van der Waals surface area (Å²) in [6, 6.07) is 46.5. The third-order valence-electron chi connectivity index (χ3n) is 13.0. The molecule has 1 amide bonds. The number of hydrogen-bond donors (Lipinski definition) is 0. The van der Waals surface area contributed by atoms with Crippen molar-refractivity contribution in [2.75, 3.05) is 9.80 Å². The predicted octanol–water partition coefficient (Wildman–Crippen LogP) is 7.97. The average Bonchev–Trinajstić information content (AvgIpc) is 3.57. The normalized spacial score (nSPS) is 22.0. The number of para-hydroxylation sites is 1. The molecule has 4 heterocycles. The van der Waals surface area contributed by atoms with Crippen LogP contribution in [0.15, 0.2) is 127 Å². The van der Waals surface area contributed by atoms with E-state index in [-0.39, 0.29) is 30.1 Å². The minimum atomic E-state index is -0.311. The molecule has 224 valence electrons. The largest absolute Gasteiger partial charge is 0.424 e. The number of ether oxygens (including phenoxy) is 1. The molecule has 4 aliphatic heterocycles. The van der Waals surface area contributed by atoms with Gasteiger partial charge in [0.25, 0.3) is 6.71 Å². The lowest BCUT2D eigenvalue weighted by molar-refractivity contribution is 0.209. The molecule has 7 aromatic rings. The van der Waals surface area contributed by atoms with E-state index in [2.05, 4.69) is 132 Å². The maximum Gasteiger partial charge on any atom is 0.424 e. The van der Waals surface area contributed by atoms with E-state index in [0.717, 1.165) is 39.3 Å². The van der Waals surface area contributed by atoms with E-state index in [1.54, 1.807) is 0 Å². The van der Waals surface area contributed by atoms with Crippen LogP contribution in [0.5, 0.6) is 5.75 Å². The highest BCUT2D eigenvalue weighted by Gasteiger charge is 2.70. The summed E-state index contributed by atoms with van der Waals surface area (Å²) in [5.74, 6) is 1.19. The molecule has 3 unspecified atom stereocenters. The number of rotatable bonds is 1. The van der Waals surface area contributed by atoms with Crippen LogP contribution in [0.1, 0.15) is 45.2 Å². The lowest BCUT2D eigenvalue weighted by atomic mass is 9.35. The zero-order chi connectivity index (χ0) is 31.5. The van der Waals surface area contributed by atoms with Gasteiger partial charge in [0.15, 0.2) is 0 Å². The molecule has 3 atom stereocenters. The standard InChI is InChI=1S/C44H23BN2O2/c48-43-47-33-19-9-18-32-40(33)45-38-24(14-8-17-31(38)46(32)23-10-2-1-3-11-23)27-20-22-21-28-35(42(49-43)34(22)41(47)39(27)45)37-26-13-5-7-16-30(26)44(37)29-15-6-4-12-25(29)36(28)44/h1-21,36-37H. The van der Waals surface area contributed by atoms with E-state index in [1.807, 2.05) is 4.90 Å². The maximum absolute atomic E-state index is 14.7. The van der Waals surface area contributed by atoms with Crippen LogP contribution < -0.4 is 30.9 Å². The van der Waals surface area contributed by atoms with E-state index in [4.69, 9.17) is 4.74 Å². The number of anilines is 5. The Morgan fingerprint density at radius 2 is 1.27 bits per heavy atom. The molecule has 7 aromatic carbocycles. The van der Waals surface area contributed by atoms with Crippen molar-refractivity contribution in [3.8, 4) is 16.9 Å². The summed E-state index contributed by atoms with van der Waals surface area (Å²) in [5.41, 5.74) is 19.7. The lowest BCUT2D eigenvalue weighted by Gasteiger charge is -2.58. The van der Waals surface area contributed by atoms with Crippen LogP contribution in [0, 0.1) is 0 Å². The van der Waals surface area contributed by atoms with Gasteiger partial charge >= 0.3 is 6.09 Å². The Balaban J connectivity index is 1.13. The highest BCUT2D eigenvalue weighted by atomic mass is 16.6. The second-order valence-corrected chi connectivity index (χ2v) is 14.7. The van der Waals surface area contributed by atoms with Gasteiger partial charge in [0.05, 0.1) is 5.69 Å². The van der Waals surface area contributed by atoms with E-state index in [0.29, 0.717) is 0 Å². The topological polar surface area (TPSA) is 32.8 Å². The smallest absolute Gasteiger partial charge is 0.409 e. The zero-order valence-corrected chi connectivity index (χ0v) is 26.1. The van der Waals surface area contributed by atoms with Crippen LogP contribution in [0.2, 0.25) is 0 Å². The molecule has 4 nitrogen and oxygen atoms in total. The Morgan fingerprint density at radius 1 is 0.592 bits per heavy atom. The fourth-order valence-electron chi connectivity index (χ4n) is 11.6. The van der Waals surface area contributed by atoms with Crippen molar-refractivity contribution in [1.82, 2.24) is 0 Å². The number of benzene rings is 7. The number of fused-ring (bicyclic) bond motifs is 10. The Bertz CT molecular complexity index is 2830. The summed E-state index contributed by atoms with van der Waals surface area (Å²) in [6.07, 6.45) is -0.311. The third-order valence-corrected chi connectivity index (χ3v) is 13.0. The van der Waals surface area contributed by atoms with Gasteiger partial charge in [-0.3, -0.25) is 0 Å². The molecular formula is C44H23BN2O2. The van der Waals surface area contributed by atoms with Crippen molar-refractivity contribution >= 4 is 68.4 Å². The van der Waals surface area contributed by atoms with E-state index in [1.165, 1.54) is 66.6 Å². The van der Waals surface area contributed by atoms with Gasteiger partial charge in [-0.05, 0) is 103 Å². The fraction of sp³-hybridized carbons (Fsp3) is 0.0682. The molecule has 1 spiro atoms. The molecule has 0 aromatic heterocycles. The lowest BCUT2D eigenvalue weighted by Crippen LogP contribution is -2.61. The number of carbonyl (C=O) groups excluding carboxylic acids is 1. The minimum Gasteiger partial charge on any atom is -0.409 e. The van der Waals surface area contributed by atoms with Crippen LogP contribution in [0.25, 0.3) is 21.9 Å². The average molecular weight is 622 g/mol. The van der Waals surface area contributed by atoms with Crippen LogP contribution in [-0.2, 0) is 5.41 Å². The number of amides is 1. The Labute approximate surface area is 281 Å². The van der Waals surface area contributed by atoms with E-state index < -0.39 is 0 Å². The molecule has 0 radical (unpaired) electrons. The summed E-state index contributed by atoms with van der Waals surface area (Å²) in [4.78, 5) is 19.0. The summed E-state index contributed by atoms with van der Waals surface area (Å²) < 4.78 is 6.70. The number of carbonyl (C=O) groups is 1. The van der Waals surface area contributed by atoms with Gasteiger partial charge in [-0.2, -0.15) is 0 Å². The minimum absolute atomic E-state index is 0.0474. The Kier molecular flexibility index (Phi) is 3.68. The molecule has 7 aliphatic rings. The van der Waals surface area contributed by atoms with Crippen molar-refractivity contribution in [1.29, 1.82) is 0 Å². The molecule has 0 fully saturated rings. The second kappa shape index (κ2) is 7.48. The first-order valence-corrected chi connectivity index (χ1v) is 17.3. The molecule has 49 heavy (non-hydrogen) atoms. The second-order valence-electron chi connectivity index (χ2n) is 14.7. The highest BCUT2D eigenvalue weighted by Crippen LogP contribution is 2.78. The zero-order valence-electron chi connectivity index (χ0n) is 26.1. The molecule has 3 aliphatic carbocycles. The van der Waals surface area contributed by atoms with Gasteiger partial charge in [-0.15, -0.1) is 0 Å². The SMILES string of the molecule is O=C1Oc2c3c(cc4cc5c6c(c24)N1c1cccc2c1B6c1c-5cccc1N2c1ccccc1)C1c2ccccc2C12c1ccccc1C32. The van der Waals surface area contributed by atoms with E-state index in [9.17, 15) is 4.79 Å². The number of hydrogen-bond acceptors (Lipinski definition) is 3. The molecule has 0 bridgehead atoms. The van der Waals surface area contributed by atoms with Crippen molar-refractivity contribution in [2.45, 2.75) is 17.3 Å². The first-order valence-electron chi connectivity index (χ1n) is 17.3. The van der Waals surface area contributed by atoms with Gasteiger partial charge in [-0.25, -0.2) is 9.69 Å².